The highest BCUT2D eigenvalue weighted by atomic mass is 32.2. The molecule has 1 fully saturated rings. The molecule has 0 atom stereocenters. The van der Waals surface area contributed by atoms with Gasteiger partial charge in [0.25, 0.3) is 0 Å². The molecule has 5 nitrogen and oxygen atoms in total. The summed E-state index contributed by atoms with van der Waals surface area (Å²) in [5.41, 5.74) is 0.875. The average molecular weight is 283 g/mol. The van der Waals surface area contributed by atoms with Gasteiger partial charge >= 0.3 is 5.97 Å². The van der Waals surface area contributed by atoms with Gasteiger partial charge in [0.05, 0.1) is 17.1 Å². The summed E-state index contributed by atoms with van der Waals surface area (Å²) >= 11 is 0. The fourth-order valence-electron chi connectivity index (χ4n) is 1.84. The van der Waals surface area contributed by atoms with Gasteiger partial charge in [-0.1, -0.05) is 12.8 Å². The Kier molecular flexibility index (Phi) is 3.91. The first-order valence-electron chi connectivity index (χ1n) is 6.18. The van der Waals surface area contributed by atoms with Gasteiger partial charge in [-0.15, -0.1) is 0 Å². The van der Waals surface area contributed by atoms with Crippen molar-refractivity contribution in [1.82, 2.24) is 0 Å². The van der Waals surface area contributed by atoms with Gasteiger partial charge in [-0.25, -0.2) is 18.4 Å². The van der Waals surface area contributed by atoms with Crippen molar-refractivity contribution in [2.24, 2.45) is 11.1 Å². The highest BCUT2D eigenvalue weighted by Crippen LogP contribution is 2.32. The van der Waals surface area contributed by atoms with Gasteiger partial charge in [-0.2, -0.15) is 0 Å². The molecule has 0 spiro atoms. The third-order valence-corrected chi connectivity index (χ3v) is 3.96. The lowest BCUT2D eigenvalue weighted by Crippen LogP contribution is -2.14. The van der Waals surface area contributed by atoms with Crippen LogP contribution in [0.4, 0.5) is 0 Å². The maximum Gasteiger partial charge on any atom is 0.338 e. The molecular formula is C13H17NO4S. The minimum absolute atomic E-state index is 0.0679. The summed E-state index contributed by atoms with van der Waals surface area (Å²) in [5, 5.41) is 5.06. The molecule has 6 heteroatoms. The molecule has 0 bridgehead atoms. The van der Waals surface area contributed by atoms with Gasteiger partial charge in [0.1, 0.15) is 0 Å². The number of primary sulfonamides is 1. The van der Waals surface area contributed by atoms with Crippen LogP contribution in [-0.2, 0) is 14.8 Å². The van der Waals surface area contributed by atoms with Crippen molar-refractivity contribution >= 4 is 16.0 Å². The predicted octanol–water partition coefficient (Wildman–Crippen LogP) is 1.60. The van der Waals surface area contributed by atoms with Crippen LogP contribution in [0.25, 0.3) is 0 Å². The predicted molar refractivity (Wildman–Crippen MR) is 70.2 cm³/mol. The van der Waals surface area contributed by atoms with Gasteiger partial charge in [-0.3, -0.25) is 0 Å². The number of esters is 1. The molecular weight excluding hydrogens is 266 g/mol. The highest BCUT2D eigenvalue weighted by molar-refractivity contribution is 7.89. The molecule has 2 rings (SSSR count). The highest BCUT2D eigenvalue weighted by Gasteiger charge is 2.21. The molecule has 1 aliphatic rings. The van der Waals surface area contributed by atoms with E-state index in [0.717, 1.165) is 6.42 Å². The lowest BCUT2D eigenvalue weighted by Gasteiger charge is -2.07. The van der Waals surface area contributed by atoms with E-state index in [0.29, 0.717) is 18.1 Å². The number of benzene rings is 1. The second-order valence-electron chi connectivity index (χ2n) is 4.95. The van der Waals surface area contributed by atoms with Gasteiger partial charge in [0.2, 0.25) is 10.0 Å². The number of ether oxygens (including phenoxy) is 1. The van der Waals surface area contributed by atoms with E-state index in [2.05, 4.69) is 0 Å². The fraction of sp³-hybridized carbons (Fsp3) is 0.462. The Morgan fingerprint density at radius 3 is 2.63 bits per heavy atom. The van der Waals surface area contributed by atoms with Crippen molar-refractivity contribution in [3.05, 3.63) is 29.3 Å². The minimum atomic E-state index is -3.81. The van der Waals surface area contributed by atoms with E-state index in [1.807, 2.05) is 0 Å². The number of nitrogens with two attached hydrogens (primary N) is 1. The Morgan fingerprint density at radius 1 is 1.37 bits per heavy atom. The summed E-state index contributed by atoms with van der Waals surface area (Å²) in [6.45, 7) is 2.08. The summed E-state index contributed by atoms with van der Waals surface area (Å²) in [7, 11) is -3.81. The summed E-state index contributed by atoms with van der Waals surface area (Å²) in [6.07, 6.45) is 3.29. The number of hydrogen-bond donors (Lipinski definition) is 1. The number of rotatable bonds is 5. The minimum Gasteiger partial charge on any atom is -0.462 e. The molecule has 2 N–H and O–H groups in total. The second kappa shape index (κ2) is 5.30. The largest absolute Gasteiger partial charge is 0.462 e. The van der Waals surface area contributed by atoms with Crippen LogP contribution in [0.3, 0.4) is 0 Å². The smallest absolute Gasteiger partial charge is 0.338 e. The van der Waals surface area contributed by atoms with Gasteiger partial charge < -0.3 is 4.74 Å². The Bertz CT molecular complexity index is 591. The summed E-state index contributed by atoms with van der Waals surface area (Å²) in [4.78, 5) is 11.8. The zero-order chi connectivity index (χ0) is 14.0. The lowest BCUT2D eigenvalue weighted by molar-refractivity contribution is 0.0494. The Morgan fingerprint density at radius 2 is 2.05 bits per heavy atom. The van der Waals surface area contributed by atoms with Crippen molar-refractivity contribution in [2.75, 3.05) is 6.61 Å². The quantitative estimate of drug-likeness (QED) is 0.831. The molecule has 0 radical (unpaired) electrons. The van der Waals surface area contributed by atoms with E-state index in [1.54, 1.807) is 13.0 Å². The molecule has 0 unspecified atom stereocenters. The lowest BCUT2D eigenvalue weighted by atomic mass is 10.1. The SMILES string of the molecule is Cc1cc(C(=O)OCCC2CC2)cc(S(N)(=O)=O)c1. The first-order chi connectivity index (χ1) is 8.86. The second-order valence-corrected chi connectivity index (χ2v) is 6.51. The molecule has 0 saturated heterocycles. The number of carbonyl (C=O) groups is 1. The fourth-order valence-corrected chi connectivity index (χ4v) is 2.48. The third-order valence-electron chi connectivity index (χ3n) is 3.07. The Labute approximate surface area is 112 Å². The first-order valence-corrected chi connectivity index (χ1v) is 7.72. The summed E-state index contributed by atoms with van der Waals surface area (Å²) in [5.74, 6) is 0.180. The normalized spacial score (nSPS) is 15.3. The third kappa shape index (κ3) is 4.04. The molecule has 0 aromatic heterocycles. The Balaban J connectivity index is 2.09. The van der Waals surface area contributed by atoms with Crippen LogP contribution in [0.15, 0.2) is 23.1 Å². The maximum absolute atomic E-state index is 11.8. The first kappa shape index (κ1) is 14.0. The van der Waals surface area contributed by atoms with Crippen LogP contribution in [0, 0.1) is 12.8 Å². The van der Waals surface area contributed by atoms with Crippen LogP contribution in [0.5, 0.6) is 0 Å². The van der Waals surface area contributed by atoms with E-state index in [-0.39, 0.29) is 10.5 Å². The summed E-state index contributed by atoms with van der Waals surface area (Å²) < 4.78 is 27.7. The topological polar surface area (TPSA) is 86.5 Å². The van der Waals surface area contributed by atoms with Gasteiger partial charge in [-0.05, 0) is 43.0 Å². The maximum atomic E-state index is 11.8. The molecule has 104 valence electrons. The number of carbonyl (C=O) groups excluding carboxylic acids is 1. The zero-order valence-corrected chi connectivity index (χ0v) is 11.6. The van der Waals surface area contributed by atoms with Crippen molar-refractivity contribution in [3.63, 3.8) is 0 Å². The van der Waals surface area contributed by atoms with Crippen LogP contribution >= 0.6 is 0 Å². The standard InChI is InChI=1S/C13H17NO4S/c1-9-6-11(8-12(7-9)19(14,16)17)13(15)18-5-4-10-2-3-10/h6-8,10H,2-5H2,1H3,(H2,14,16,17). The molecule has 1 aliphatic carbocycles. The molecule has 1 aromatic carbocycles. The number of sulfonamides is 1. The molecule has 1 aromatic rings. The monoisotopic (exact) mass is 283 g/mol. The van der Waals surface area contributed by atoms with Crippen LogP contribution in [0.2, 0.25) is 0 Å². The van der Waals surface area contributed by atoms with Crippen molar-refractivity contribution in [1.29, 1.82) is 0 Å². The van der Waals surface area contributed by atoms with Crippen molar-refractivity contribution in [2.45, 2.75) is 31.1 Å². The average Bonchev–Trinajstić information content (AvgIpc) is 3.11. The van der Waals surface area contributed by atoms with Crippen LogP contribution < -0.4 is 5.14 Å². The number of hydrogen-bond acceptors (Lipinski definition) is 4. The van der Waals surface area contributed by atoms with E-state index in [4.69, 9.17) is 9.88 Å². The van der Waals surface area contributed by atoms with E-state index in [1.165, 1.54) is 25.0 Å². The molecule has 0 amide bonds. The Hall–Kier alpha value is -1.40. The molecule has 0 heterocycles. The van der Waals surface area contributed by atoms with Gasteiger partial charge in [0, 0.05) is 0 Å². The van der Waals surface area contributed by atoms with Gasteiger partial charge in [0.15, 0.2) is 0 Å². The van der Waals surface area contributed by atoms with E-state index >= 15 is 0 Å². The van der Waals surface area contributed by atoms with E-state index in [9.17, 15) is 13.2 Å². The zero-order valence-electron chi connectivity index (χ0n) is 10.8. The summed E-state index contributed by atoms with van der Waals surface area (Å²) in [6, 6.07) is 4.27. The van der Waals surface area contributed by atoms with Crippen molar-refractivity contribution in [3.8, 4) is 0 Å². The van der Waals surface area contributed by atoms with E-state index < -0.39 is 16.0 Å². The van der Waals surface area contributed by atoms with Crippen LogP contribution in [0.1, 0.15) is 35.2 Å². The van der Waals surface area contributed by atoms with Crippen molar-refractivity contribution < 1.29 is 17.9 Å². The van der Waals surface area contributed by atoms with Crippen LogP contribution in [-0.4, -0.2) is 21.0 Å². The molecule has 1 saturated carbocycles. The number of aryl methyl sites for hydroxylation is 1. The molecule has 0 aliphatic heterocycles. The molecule has 19 heavy (non-hydrogen) atoms.